The number of hydrogen-bond acceptors (Lipinski definition) is 6. The van der Waals surface area contributed by atoms with Crippen molar-refractivity contribution < 1.29 is 29.0 Å². The summed E-state index contributed by atoms with van der Waals surface area (Å²) in [4.78, 5) is 59.0. The van der Waals surface area contributed by atoms with Gasteiger partial charge in [0.1, 0.15) is 11.5 Å². The van der Waals surface area contributed by atoms with Crippen LogP contribution in [0.15, 0.2) is 88.9 Å². The first-order valence-electron chi connectivity index (χ1n) is 14.3. The maximum Gasteiger partial charge on any atom is 0.241 e. The molecule has 0 radical (unpaired) electrons. The summed E-state index contributed by atoms with van der Waals surface area (Å²) in [6, 6.07) is 20.8. The highest BCUT2D eigenvalue weighted by molar-refractivity contribution is 9.10. The third kappa shape index (κ3) is 3.87. The molecule has 218 valence electrons. The van der Waals surface area contributed by atoms with Crippen molar-refractivity contribution in [2.24, 2.45) is 29.1 Å². The van der Waals surface area contributed by atoms with E-state index in [9.17, 15) is 24.3 Å². The van der Waals surface area contributed by atoms with Gasteiger partial charge in [-0.25, -0.2) is 4.90 Å². The van der Waals surface area contributed by atoms with Crippen molar-refractivity contribution in [1.29, 1.82) is 0 Å². The normalized spacial score (nSPS) is 29.7. The number of allylic oxidation sites excluding steroid dienone is 2. The van der Waals surface area contributed by atoms with Gasteiger partial charge in [0, 0.05) is 22.0 Å². The van der Waals surface area contributed by atoms with Crippen molar-refractivity contribution in [3.05, 3.63) is 94.5 Å². The first kappa shape index (κ1) is 27.6. The van der Waals surface area contributed by atoms with E-state index in [0.29, 0.717) is 29.1 Å². The molecule has 0 bridgehead atoms. The van der Waals surface area contributed by atoms with E-state index < -0.39 is 35.0 Å². The molecule has 2 heterocycles. The molecule has 1 N–H and O–H groups in total. The Balaban J connectivity index is 1.37. The molecule has 7 rings (SSSR count). The van der Waals surface area contributed by atoms with Crippen LogP contribution in [0.5, 0.6) is 11.5 Å². The second-order valence-electron chi connectivity index (χ2n) is 11.9. The number of aromatic hydroxyl groups is 1. The van der Waals surface area contributed by atoms with Gasteiger partial charge in [-0.2, -0.15) is 0 Å². The molecule has 3 aromatic rings. The molecule has 9 heteroatoms. The second kappa shape index (κ2) is 9.91. The van der Waals surface area contributed by atoms with E-state index in [2.05, 4.69) is 15.9 Å². The number of fused-ring (bicyclic) bond motifs is 4. The molecular formula is C34H29BrN2O6. The Bertz CT molecular complexity index is 1720. The van der Waals surface area contributed by atoms with Crippen LogP contribution in [0.1, 0.15) is 31.2 Å². The molecule has 8 nitrogen and oxygen atoms in total. The van der Waals surface area contributed by atoms with Crippen LogP contribution in [0, 0.1) is 29.1 Å². The minimum absolute atomic E-state index is 0.0586. The Hall–Kier alpha value is -4.24. The van der Waals surface area contributed by atoms with E-state index >= 15 is 0 Å². The largest absolute Gasteiger partial charge is 0.508 e. The number of rotatable bonds is 4. The molecule has 3 fully saturated rings. The molecule has 2 saturated heterocycles. The average molecular weight is 642 g/mol. The summed E-state index contributed by atoms with van der Waals surface area (Å²) in [5.74, 6) is -4.03. The van der Waals surface area contributed by atoms with Crippen molar-refractivity contribution in [2.45, 2.75) is 25.7 Å². The van der Waals surface area contributed by atoms with E-state index in [1.807, 2.05) is 12.1 Å². The minimum atomic E-state index is -1.23. The van der Waals surface area contributed by atoms with Gasteiger partial charge in [-0.15, -0.1) is 0 Å². The predicted molar refractivity (Wildman–Crippen MR) is 162 cm³/mol. The number of methoxy groups -OCH3 is 1. The number of imide groups is 2. The van der Waals surface area contributed by atoms with E-state index in [1.54, 1.807) is 67.6 Å². The Morgan fingerprint density at radius 1 is 0.860 bits per heavy atom. The molecule has 2 aliphatic carbocycles. The maximum absolute atomic E-state index is 14.4. The number of carbonyl (C=O) groups is 4. The van der Waals surface area contributed by atoms with Crippen LogP contribution in [-0.2, 0) is 19.2 Å². The number of nitrogens with zero attached hydrogens (tertiary/aromatic N) is 2. The van der Waals surface area contributed by atoms with E-state index in [0.717, 1.165) is 10.0 Å². The van der Waals surface area contributed by atoms with Crippen LogP contribution in [0.4, 0.5) is 11.4 Å². The van der Waals surface area contributed by atoms with Crippen LogP contribution in [0.3, 0.4) is 0 Å². The molecule has 0 aromatic heterocycles. The summed E-state index contributed by atoms with van der Waals surface area (Å²) in [5, 5.41) is 11.3. The predicted octanol–water partition coefficient (Wildman–Crippen LogP) is 5.60. The molecule has 0 spiro atoms. The lowest BCUT2D eigenvalue weighted by molar-refractivity contribution is -0.131. The summed E-state index contributed by atoms with van der Waals surface area (Å²) in [6.07, 6.45) is 2.55. The van der Waals surface area contributed by atoms with Gasteiger partial charge in [0.15, 0.2) is 0 Å². The van der Waals surface area contributed by atoms with Crippen molar-refractivity contribution in [1.82, 2.24) is 0 Å². The molecule has 6 unspecified atom stereocenters. The van der Waals surface area contributed by atoms with Crippen molar-refractivity contribution in [3.8, 4) is 11.5 Å². The van der Waals surface area contributed by atoms with Crippen LogP contribution in [0.2, 0.25) is 0 Å². The Morgan fingerprint density at radius 2 is 1.56 bits per heavy atom. The minimum Gasteiger partial charge on any atom is -0.508 e. The summed E-state index contributed by atoms with van der Waals surface area (Å²) in [5.41, 5.74) is 1.05. The fourth-order valence-electron chi connectivity index (χ4n) is 7.92. The molecule has 3 aromatic carbocycles. The summed E-state index contributed by atoms with van der Waals surface area (Å²) < 4.78 is 6.15. The molecule has 4 aliphatic rings. The first-order valence-corrected chi connectivity index (χ1v) is 15.1. The fraction of sp³-hybridized carbons (Fsp3) is 0.294. The van der Waals surface area contributed by atoms with Crippen molar-refractivity contribution in [2.75, 3.05) is 16.9 Å². The number of benzene rings is 3. The quantitative estimate of drug-likeness (QED) is 0.294. The number of hydrogen-bond donors (Lipinski definition) is 1. The number of phenols is 1. The Kier molecular flexibility index (Phi) is 6.36. The number of amides is 4. The zero-order valence-electron chi connectivity index (χ0n) is 23.6. The molecular weight excluding hydrogens is 612 g/mol. The third-order valence-corrected chi connectivity index (χ3v) is 10.5. The van der Waals surface area contributed by atoms with Gasteiger partial charge in [-0.3, -0.25) is 24.1 Å². The van der Waals surface area contributed by atoms with Crippen molar-refractivity contribution in [3.63, 3.8) is 0 Å². The number of ether oxygens (including phenoxy) is 1. The fourth-order valence-corrected chi connectivity index (χ4v) is 8.19. The zero-order valence-corrected chi connectivity index (χ0v) is 25.2. The number of phenolic OH excluding ortho intramolecular Hbond substituents is 1. The van der Waals surface area contributed by atoms with Gasteiger partial charge in [-0.1, -0.05) is 51.8 Å². The van der Waals surface area contributed by atoms with E-state index in [4.69, 9.17) is 4.74 Å². The Morgan fingerprint density at radius 3 is 2.23 bits per heavy atom. The van der Waals surface area contributed by atoms with Gasteiger partial charge in [0.05, 0.1) is 41.7 Å². The van der Waals surface area contributed by atoms with Gasteiger partial charge in [0.25, 0.3) is 0 Å². The average Bonchev–Trinajstić information content (AvgIpc) is 3.38. The van der Waals surface area contributed by atoms with Crippen LogP contribution < -0.4 is 14.5 Å². The molecule has 43 heavy (non-hydrogen) atoms. The Labute approximate surface area is 257 Å². The molecule has 4 amide bonds. The number of carbonyl (C=O) groups excluding carboxylic acids is 4. The highest BCUT2D eigenvalue weighted by atomic mass is 79.9. The highest BCUT2D eigenvalue weighted by Crippen LogP contribution is 2.64. The summed E-state index contributed by atoms with van der Waals surface area (Å²) in [7, 11) is 1.50. The van der Waals surface area contributed by atoms with Crippen LogP contribution in [-0.4, -0.2) is 35.8 Å². The summed E-state index contributed by atoms with van der Waals surface area (Å²) >= 11 is 3.41. The molecule has 6 atom stereocenters. The lowest BCUT2D eigenvalue weighted by Crippen LogP contribution is -2.48. The maximum atomic E-state index is 14.4. The van der Waals surface area contributed by atoms with Gasteiger partial charge in [-0.05, 0) is 68.1 Å². The highest BCUT2D eigenvalue weighted by Gasteiger charge is 2.68. The third-order valence-electron chi connectivity index (χ3n) is 9.92. The summed E-state index contributed by atoms with van der Waals surface area (Å²) in [6.45, 7) is 1.80. The topological polar surface area (TPSA) is 104 Å². The number of halogens is 1. The van der Waals surface area contributed by atoms with Gasteiger partial charge in [0.2, 0.25) is 23.6 Å². The van der Waals surface area contributed by atoms with E-state index in [1.165, 1.54) is 23.0 Å². The zero-order chi connectivity index (χ0) is 30.2. The van der Waals surface area contributed by atoms with Gasteiger partial charge >= 0.3 is 0 Å². The number of para-hydroxylation sites is 1. The molecule has 1 saturated carbocycles. The van der Waals surface area contributed by atoms with Crippen LogP contribution >= 0.6 is 15.9 Å². The van der Waals surface area contributed by atoms with Gasteiger partial charge < -0.3 is 9.84 Å². The smallest absolute Gasteiger partial charge is 0.241 e. The number of anilines is 2. The molecule has 2 aliphatic heterocycles. The lowest BCUT2D eigenvalue weighted by atomic mass is 9.51. The lowest BCUT2D eigenvalue weighted by Gasteiger charge is -2.49. The van der Waals surface area contributed by atoms with Crippen LogP contribution in [0.25, 0.3) is 0 Å². The van der Waals surface area contributed by atoms with Crippen molar-refractivity contribution >= 4 is 50.9 Å². The first-order chi connectivity index (χ1) is 20.7. The standard InChI is InChI=1S/C34H29BrN2O6/c1-34-26(31(40)37(33(34)42)19-6-4-3-5-7-19)17-25-22(29(34)23-13-12-21(43-2)16-27(23)38)14-15-24-28(25)32(41)36(30(24)39)20-10-8-18(35)9-11-20/h3-14,16,24-26,28-29,38H,15,17H2,1-2H3. The second-order valence-corrected chi connectivity index (χ2v) is 12.8. The van der Waals surface area contributed by atoms with E-state index in [-0.39, 0.29) is 35.8 Å². The monoisotopic (exact) mass is 640 g/mol. The SMILES string of the molecule is COc1ccc(C2C3=CCC4C(=O)N(c5ccc(Br)cc5)C(=O)C4C3CC3C(=O)N(c4ccccc4)C(=O)C32C)c(O)c1.